The second-order valence-electron chi connectivity index (χ2n) is 7.24. The largest absolute Gasteiger partial charge is 0.483 e. The Balaban J connectivity index is 1.45. The second kappa shape index (κ2) is 10.5. The van der Waals surface area contributed by atoms with E-state index in [0.29, 0.717) is 10.8 Å². The van der Waals surface area contributed by atoms with Crippen molar-refractivity contribution in [1.29, 1.82) is 0 Å². The molecule has 0 unspecified atom stereocenters. The summed E-state index contributed by atoms with van der Waals surface area (Å²) in [4.78, 5) is 27.6. The molecule has 0 aromatic heterocycles. The molecule has 2 amide bonds. The second-order valence-corrected chi connectivity index (χ2v) is 8.09. The van der Waals surface area contributed by atoms with Gasteiger partial charge in [0.1, 0.15) is 5.75 Å². The summed E-state index contributed by atoms with van der Waals surface area (Å²) in [5, 5.41) is 6.42. The van der Waals surface area contributed by atoms with Crippen molar-refractivity contribution in [2.75, 3.05) is 43.0 Å². The van der Waals surface area contributed by atoms with Crippen LogP contribution >= 0.6 is 23.8 Å². The van der Waals surface area contributed by atoms with Crippen LogP contribution in [0.3, 0.4) is 0 Å². The predicted octanol–water partition coefficient (Wildman–Crippen LogP) is 3.21. The highest BCUT2D eigenvalue weighted by atomic mass is 35.5. The molecule has 1 aliphatic rings. The molecule has 1 saturated heterocycles. The smallest absolute Gasteiger partial charge is 0.264 e. The Bertz CT molecular complexity index is 960. The molecule has 0 aliphatic carbocycles. The minimum absolute atomic E-state index is 0.114. The Labute approximate surface area is 192 Å². The van der Waals surface area contributed by atoms with E-state index in [1.54, 1.807) is 25.1 Å². The van der Waals surface area contributed by atoms with E-state index in [2.05, 4.69) is 15.5 Å². The number of benzene rings is 2. The molecule has 0 radical (unpaired) electrons. The standard InChI is InChI=1S/C22H25ClN4O3S/c1-15-13-17(23)3-8-20(15)30-14-21(29)25-22(31)24-18-4-6-19(7-5-18)27-11-9-26(10-12-27)16(2)28/h3-8,13H,9-12,14H2,1-2H3,(H2,24,25,29,31). The van der Waals surface area contributed by atoms with Crippen LogP contribution in [0.4, 0.5) is 11.4 Å². The van der Waals surface area contributed by atoms with Gasteiger partial charge in [-0.3, -0.25) is 14.9 Å². The number of aryl methyl sites for hydroxylation is 1. The molecule has 164 valence electrons. The summed E-state index contributed by atoms with van der Waals surface area (Å²) in [5.41, 5.74) is 2.70. The van der Waals surface area contributed by atoms with Crippen molar-refractivity contribution in [3.8, 4) is 5.75 Å². The van der Waals surface area contributed by atoms with E-state index < -0.39 is 0 Å². The maximum Gasteiger partial charge on any atom is 0.264 e. The van der Waals surface area contributed by atoms with Crippen molar-refractivity contribution in [1.82, 2.24) is 10.2 Å². The van der Waals surface area contributed by atoms with Gasteiger partial charge in [-0.25, -0.2) is 0 Å². The van der Waals surface area contributed by atoms with Crippen LogP contribution in [0, 0.1) is 6.92 Å². The van der Waals surface area contributed by atoms with Gasteiger partial charge in [0, 0.05) is 49.5 Å². The first-order chi connectivity index (χ1) is 14.8. The Morgan fingerprint density at radius 3 is 2.39 bits per heavy atom. The summed E-state index contributed by atoms with van der Waals surface area (Å²) in [6.45, 7) is 6.35. The Morgan fingerprint density at radius 1 is 1.10 bits per heavy atom. The van der Waals surface area contributed by atoms with Crippen molar-refractivity contribution in [2.45, 2.75) is 13.8 Å². The molecule has 1 aliphatic heterocycles. The predicted molar refractivity (Wildman–Crippen MR) is 127 cm³/mol. The summed E-state index contributed by atoms with van der Waals surface area (Å²) in [5.74, 6) is 0.355. The number of rotatable bonds is 5. The zero-order chi connectivity index (χ0) is 22.4. The van der Waals surface area contributed by atoms with Gasteiger partial charge in [-0.05, 0) is 67.2 Å². The Kier molecular flexibility index (Phi) is 7.70. The molecule has 7 nitrogen and oxygen atoms in total. The van der Waals surface area contributed by atoms with E-state index in [1.165, 1.54) is 0 Å². The van der Waals surface area contributed by atoms with Gasteiger partial charge in [0.15, 0.2) is 11.7 Å². The number of piperazine rings is 1. The molecule has 2 N–H and O–H groups in total. The molecular weight excluding hydrogens is 436 g/mol. The highest BCUT2D eigenvalue weighted by Crippen LogP contribution is 2.22. The monoisotopic (exact) mass is 460 g/mol. The van der Waals surface area contributed by atoms with Gasteiger partial charge in [0.2, 0.25) is 5.91 Å². The summed E-state index contributed by atoms with van der Waals surface area (Å²) in [6, 6.07) is 13.0. The quantitative estimate of drug-likeness (QED) is 0.667. The van der Waals surface area contributed by atoms with Gasteiger partial charge in [0.25, 0.3) is 5.91 Å². The average molecular weight is 461 g/mol. The minimum Gasteiger partial charge on any atom is -0.483 e. The highest BCUT2D eigenvalue weighted by Gasteiger charge is 2.18. The van der Waals surface area contributed by atoms with E-state index in [-0.39, 0.29) is 23.5 Å². The number of thiocarbonyl (C=S) groups is 1. The lowest BCUT2D eigenvalue weighted by Crippen LogP contribution is -2.48. The lowest BCUT2D eigenvalue weighted by atomic mass is 10.2. The molecule has 2 aromatic carbocycles. The highest BCUT2D eigenvalue weighted by molar-refractivity contribution is 7.80. The van der Waals surface area contributed by atoms with Crippen LogP contribution < -0.4 is 20.3 Å². The van der Waals surface area contributed by atoms with E-state index in [4.69, 9.17) is 28.6 Å². The number of hydrogen-bond acceptors (Lipinski definition) is 5. The van der Waals surface area contributed by atoms with Crippen LogP contribution in [0.2, 0.25) is 5.02 Å². The summed E-state index contributed by atoms with van der Waals surface area (Å²) in [6.07, 6.45) is 0. The van der Waals surface area contributed by atoms with Crippen LogP contribution in [0.25, 0.3) is 0 Å². The third-order valence-electron chi connectivity index (χ3n) is 4.96. The Hall–Kier alpha value is -2.84. The fraction of sp³-hybridized carbons (Fsp3) is 0.318. The molecule has 3 rings (SSSR count). The zero-order valence-corrected chi connectivity index (χ0v) is 19.1. The first-order valence-corrected chi connectivity index (χ1v) is 10.7. The van der Waals surface area contributed by atoms with Gasteiger partial charge in [-0.1, -0.05) is 11.6 Å². The fourth-order valence-corrected chi connectivity index (χ4v) is 3.74. The molecule has 0 atom stereocenters. The summed E-state index contributed by atoms with van der Waals surface area (Å²) in [7, 11) is 0. The topological polar surface area (TPSA) is 73.9 Å². The third-order valence-corrected chi connectivity index (χ3v) is 5.40. The molecule has 31 heavy (non-hydrogen) atoms. The first-order valence-electron chi connectivity index (χ1n) is 9.92. The maximum atomic E-state index is 12.1. The number of carbonyl (C=O) groups is 2. The van der Waals surface area contributed by atoms with E-state index in [1.807, 2.05) is 36.1 Å². The third kappa shape index (κ3) is 6.57. The number of anilines is 2. The van der Waals surface area contributed by atoms with Crippen molar-refractivity contribution in [3.63, 3.8) is 0 Å². The molecule has 2 aromatic rings. The molecule has 0 saturated carbocycles. The van der Waals surface area contributed by atoms with Crippen LogP contribution in [0.15, 0.2) is 42.5 Å². The van der Waals surface area contributed by atoms with Crippen molar-refractivity contribution >= 4 is 52.1 Å². The summed E-state index contributed by atoms with van der Waals surface area (Å²) < 4.78 is 5.52. The number of hydrogen-bond donors (Lipinski definition) is 2. The number of halogens is 1. The minimum atomic E-state index is -0.355. The Morgan fingerprint density at radius 2 is 1.77 bits per heavy atom. The van der Waals surface area contributed by atoms with Gasteiger partial charge in [0.05, 0.1) is 0 Å². The van der Waals surface area contributed by atoms with Crippen LogP contribution in [-0.4, -0.2) is 54.6 Å². The molecule has 0 spiro atoms. The van der Waals surface area contributed by atoms with Crippen molar-refractivity contribution < 1.29 is 14.3 Å². The number of amides is 2. The fourth-order valence-electron chi connectivity index (χ4n) is 3.28. The maximum absolute atomic E-state index is 12.1. The summed E-state index contributed by atoms with van der Waals surface area (Å²) >= 11 is 11.1. The van der Waals surface area contributed by atoms with Crippen LogP contribution in [-0.2, 0) is 9.59 Å². The van der Waals surface area contributed by atoms with Crippen LogP contribution in [0.5, 0.6) is 5.75 Å². The number of nitrogens with one attached hydrogen (secondary N) is 2. The molecule has 0 bridgehead atoms. The average Bonchev–Trinajstić information content (AvgIpc) is 2.73. The van der Waals surface area contributed by atoms with Gasteiger partial charge in [-0.2, -0.15) is 0 Å². The number of ether oxygens (including phenoxy) is 1. The normalized spacial score (nSPS) is 13.5. The number of carbonyl (C=O) groups excluding carboxylic acids is 2. The van der Waals surface area contributed by atoms with Crippen LogP contribution in [0.1, 0.15) is 12.5 Å². The van der Waals surface area contributed by atoms with Crippen molar-refractivity contribution in [3.05, 3.63) is 53.1 Å². The van der Waals surface area contributed by atoms with E-state index >= 15 is 0 Å². The van der Waals surface area contributed by atoms with E-state index in [9.17, 15) is 9.59 Å². The lowest BCUT2D eigenvalue weighted by Gasteiger charge is -2.35. The first kappa shape index (κ1) is 22.8. The van der Waals surface area contributed by atoms with Gasteiger partial charge in [-0.15, -0.1) is 0 Å². The molecule has 1 heterocycles. The SMILES string of the molecule is CC(=O)N1CCN(c2ccc(NC(=S)NC(=O)COc3ccc(Cl)cc3C)cc2)CC1. The van der Waals surface area contributed by atoms with Crippen molar-refractivity contribution in [2.24, 2.45) is 0 Å². The molecule has 9 heteroatoms. The van der Waals surface area contributed by atoms with E-state index in [0.717, 1.165) is 43.1 Å². The zero-order valence-electron chi connectivity index (χ0n) is 17.5. The lowest BCUT2D eigenvalue weighted by molar-refractivity contribution is -0.129. The molecular formula is C22H25ClN4O3S. The van der Waals surface area contributed by atoms with Gasteiger partial charge >= 0.3 is 0 Å². The molecule has 1 fully saturated rings. The van der Waals surface area contributed by atoms with Gasteiger partial charge < -0.3 is 19.9 Å². The number of nitrogens with zero attached hydrogens (tertiary/aromatic N) is 2.